The van der Waals surface area contributed by atoms with Gasteiger partial charge in [-0.15, -0.1) is 0 Å². The molecule has 0 bridgehead atoms. The van der Waals surface area contributed by atoms with Gasteiger partial charge in [0.1, 0.15) is 0 Å². The minimum Gasteiger partial charge on any atom is -0.545 e. The van der Waals surface area contributed by atoms with Gasteiger partial charge in [-0.1, -0.05) is 109 Å². The van der Waals surface area contributed by atoms with E-state index in [0.29, 0.717) is 6.04 Å². The molecule has 5 aromatic heterocycles. The Morgan fingerprint density at radius 2 is 0.514 bits per heavy atom. The van der Waals surface area contributed by atoms with Crippen LogP contribution in [0.1, 0.15) is 116 Å². The quantitative estimate of drug-likeness (QED) is 0.0142. The third kappa shape index (κ3) is 64.7. The number of pyridine rings is 5. The van der Waals surface area contributed by atoms with Gasteiger partial charge in [0.2, 0.25) is 0 Å². The number of hydrogen-bond donors (Lipinski definition) is 8. The second kappa shape index (κ2) is 109. The molecule has 0 saturated heterocycles. The number of rotatable bonds is 26. The van der Waals surface area contributed by atoms with Crippen LogP contribution in [0.2, 0.25) is 25.1 Å². The molecule has 10 aromatic rings. The summed E-state index contributed by atoms with van der Waals surface area (Å²) < 4.78 is 0. The fourth-order valence-electron chi connectivity index (χ4n) is 16.0. The second-order valence-corrected chi connectivity index (χ2v) is 32.0. The van der Waals surface area contributed by atoms with Gasteiger partial charge in [0.25, 0.3) is 0 Å². The van der Waals surface area contributed by atoms with Gasteiger partial charge in [-0.25, -0.2) is 0 Å². The zero-order valence-electron chi connectivity index (χ0n) is 83.7. The topological polar surface area (TPSA) is 372 Å². The molecule has 15 rings (SSSR count). The molecule has 4 unspecified atom stereocenters. The van der Waals surface area contributed by atoms with E-state index in [1.165, 1.54) is 134 Å². The van der Waals surface area contributed by atoms with Crippen LogP contribution in [0.3, 0.4) is 0 Å². The zero-order chi connectivity index (χ0) is 97.1. The van der Waals surface area contributed by atoms with Crippen molar-refractivity contribution in [3.05, 3.63) is 237 Å². The molecule has 803 valence electrons. The maximum Gasteiger partial charge on any atom is 0.0737 e. The van der Waals surface area contributed by atoms with Crippen molar-refractivity contribution >= 4 is 222 Å². The maximum atomic E-state index is 7.75. The Morgan fingerprint density at radius 1 is 0.268 bits per heavy atom. The number of nitrogens with one attached hydrogen (secondary N) is 8. The average molecular weight is 2920 g/mol. The van der Waals surface area contributed by atoms with Crippen molar-refractivity contribution in [2.45, 2.75) is 128 Å². The van der Waals surface area contributed by atoms with Crippen molar-refractivity contribution in [2.75, 3.05) is 127 Å². The summed E-state index contributed by atoms with van der Waals surface area (Å²) in [5.74, 6) is 4.08. The van der Waals surface area contributed by atoms with E-state index in [4.69, 9.17) is 116 Å². The van der Waals surface area contributed by atoms with Gasteiger partial charge in [0.15, 0.2) is 0 Å². The van der Waals surface area contributed by atoms with Gasteiger partial charge in [-0.2, -0.15) is 0 Å². The van der Waals surface area contributed by atoms with Crippen LogP contribution in [-0.2, 0) is 160 Å². The van der Waals surface area contributed by atoms with Crippen LogP contribution in [0.15, 0.2) is 152 Å². The third-order valence-electron chi connectivity index (χ3n) is 21.4. The molecule has 0 spiro atoms. The van der Waals surface area contributed by atoms with E-state index in [-0.39, 0.29) is 162 Å². The standard InChI is InChI=1S/C19H27ClN4.C18H24ClN3.C17H22ClN3.C16H20ClN3.C15H17ClN2.12CHO.8CH3.5Re/c1-24(2)13-14-4-3-5-17(14)22-10-11-23-18-8-9-21-19-12-15(20)6-7-16(18)19;1-22(2)12-14-5-3-4-13(14)11-21-17-8-9-20-18-10-15(19)6-7-16(17)18;18-14-5-6-15-16(7-8-20-17(15)11-14)21-10-9-19-12-13-3-1-2-4-13;17-12-5-6-14-15(7-8-19-16(14)11-12)20-10-9-18-13-3-1-2-4-13;16-12-5-6-13-14(7-8-17-15(13)9-12)18-10-11-3-1-2-4-11;12*1-2;;;;;;;;;;;;;/h6-9,12,14,17,22H,3-5,10-11,13H2,1-2H3,(H,21,23);6-10,13-14H,3-5,11-12H2,1-2H3,(H,20,21);5-8,11,13,19H,1-4,9-10,12H2,(H,20,21);5-8,11,13,18H,1-4,9-10H2,(H,19,20);5-9,11H,1-4,10H2,(H,17,18);12*1H;8*1H3;;;;;/q;;;;;20*-1;;;;;. The van der Waals surface area contributed by atoms with Gasteiger partial charge in [-0.3, -0.25) is 106 Å². The van der Waals surface area contributed by atoms with Crippen molar-refractivity contribution in [3.8, 4) is 0 Å². The summed E-state index contributed by atoms with van der Waals surface area (Å²) in [7, 11) is 8.67. The summed E-state index contributed by atoms with van der Waals surface area (Å²) in [5.41, 5.74) is 10.4. The molecule has 142 heavy (non-hydrogen) atoms. The van der Waals surface area contributed by atoms with Crippen LogP contribution >= 0.6 is 58.0 Å². The Kier molecular flexibility index (Phi) is 130. The first-order valence-corrected chi connectivity index (χ1v) is 43.3. The molecule has 37 heteroatoms. The second-order valence-electron chi connectivity index (χ2n) is 29.8. The average Bonchev–Trinajstić information content (AvgIpc) is 0.926. The molecule has 5 aliphatic carbocycles. The summed E-state index contributed by atoms with van der Waals surface area (Å²) >= 11 is 30.1. The van der Waals surface area contributed by atoms with E-state index < -0.39 is 0 Å². The summed E-state index contributed by atoms with van der Waals surface area (Å²) in [4.78, 5) is 119. The third-order valence-corrected chi connectivity index (χ3v) is 22.6. The number of fused-ring (bicyclic) bond motifs is 5. The summed E-state index contributed by atoms with van der Waals surface area (Å²) in [6.45, 7) is 50.4. The van der Waals surface area contributed by atoms with Crippen molar-refractivity contribution in [1.82, 2.24) is 50.7 Å². The minimum absolute atomic E-state index is 0. The molecule has 8 N–H and O–H groups in total. The molecule has 27 nitrogen and oxygen atoms in total. The Balaban J connectivity index is -0.000000101. The Morgan fingerprint density at radius 3 is 0.824 bits per heavy atom. The van der Waals surface area contributed by atoms with E-state index in [1.54, 1.807) is 0 Å². The number of hydrogen-bond acceptors (Lipinski definition) is 27. The SMILES string of the molecule is CN(C)CC1CCCC1CNc1ccnc2cc(Cl)ccc12.CN(C)CC1CCCC1NCCNc1ccnc2cc(Cl)ccc12.Clc1ccc2c(NCC3CCCC3)ccnc2c1.Clc1ccc2c(NCCNC3CCCC3)ccnc2c1.Clc1ccc2c(NCCNCC3CCCC3)ccnc2c1.[CH-]=O.[CH-]=O.[CH-]=O.[CH-]=O.[CH-]=O.[CH-]=O.[CH-]=O.[CH-]=O.[CH-]=O.[CH-]=O.[CH-]=O.[CH-]=O.[CH3-].[CH3-].[CH3-].[CH3-].[CH3-].[CH3-].[CH3-].[CH3-].[Re].[Re].[Re].[Re].[Re]. The number of carbonyl (C=O) groups excluding carboxylic acids is 12. The predicted molar refractivity (Wildman–Crippen MR) is 583 cm³/mol. The molecular weight excluding hydrogens is 2770 g/mol. The summed E-state index contributed by atoms with van der Waals surface area (Å²) in [6.07, 6.45) is 33.8. The van der Waals surface area contributed by atoms with E-state index in [2.05, 4.69) is 199 Å². The molecule has 5 aromatic carbocycles. The molecule has 4 atom stereocenters. The number of aromatic nitrogens is 5. The monoisotopic (exact) mass is 2920 g/mol. The number of halogens is 5. The normalized spacial score (nSPS) is 13.8. The number of nitrogens with zero attached hydrogens (tertiary/aromatic N) is 7. The van der Waals surface area contributed by atoms with Gasteiger partial charge < -0.3 is 169 Å². The number of benzene rings is 5. The largest absolute Gasteiger partial charge is 0.545 e. The van der Waals surface area contributed by atoms with Gasteiger partial charge >= 0.3 is 0 Å². The first-order valence-electron chi connectivity index (χ1n) is 41.5. The van der Waals surface area contributed by atoms with E-state index in [9.17, 15) is 0 Å². The molecule has 5 saturated carbocycles. The van der Waals surface area contributed by atoms with Crippen LogP contribution in [0.4, 0.5) is 28.4 Å². The van der Waals surface area contributed by atoms with Crippen molar-refractivity contribution < 1.29 is 160 Å². The van der Waals surface area contributed by atoms with E-state index >= 15 is 0 Å². The van der Waals surface area contributed by atoms with Crippen LogP contribution in [0, 0.1) is 89.0 Å². The predicted octanol–water partition coefficient (Wildman–Crippen LogP) is 20.6. The molecule has 0 amide bonds. The van der Waals surface area contributed by atoms with E-state index in [1.807, 2.05) is 140 Å². The van der Waals surface area contributed by atoms with Gasteiger partial charge in [-0.05, 0) is 250 Å². The van der Waals surface area contributed by atoms with Gasteiger partial charge in [0.05, 0.1) is 27.6 Å². The smallest absolute Gasteiger partial charge is 0.0737 e. The zero-order valence-corrected chi connectivity index (χ0v) is 101. The Labute approximate surface area is 944 Å². The molecule has 5 aliphatic rings. The first kappa shape index (κ1) is 168. The summed E-state index contributed by atoms with van der Waals surface area (Å²) in [6, 6.07) is 40.9. The molecule has 0 aliphatic heterocycles. The fourth-order valence-corrected chi connectivity index (χ4v) is 16.9. The van der Waals surface area contributed by atoms with Crippen LogP contribution in [0.5, 0.6) is 0 Å². The van der Waals surface area contributed by atoms with Crippen LogP contribution in [-0.4, -0.2) is 228 Å². The molecule has 5 fully saturated rings. The fraction of sp³-hybridized carbons (Fsp3) is 0.381. The number of anilines is 5. The van der Waals surface area contributed by atoms with E-state index in [0.717, 1.165) is 197 Å². The summed E-state index contributed by atoms with van der Waals surface area (Å²) in [5, 5.41) is 37.9. The first-order chi connectivity index (χ1) is 63.2. The molecule has 5 radical (unpaired) electrons. The molecular formula is C105H146Cl5N15O12Re5-20. The Hall–Kier alpha value is -7.25. The van der Waals surface area contributed by atoms with Crippen LogP contribution in [0.25, 0.3) is 54.5 Å². The molecule has 5 heterocycles. The maximum absolute atomic E-state index is 7.75. The minimum atomic E-state index is 0. The van der Waals surface area contributed by atoms with Gasteiger partial charge in [0, 0.05) is 291 Å². The van der Waals surface area contributed by atoms with Crippen molar-refractivity contribution in [3.63, 3.8) is 0 Å². The van der Waals surface area contributed by atoms with Crippen LogP contribution < -0.4 is 42.5 Å². The Bertz CT molecular complexity index is 4580. The van der Waals surface area contributed by atoms with Crippen molar-refractivity contribution in [1.29, 1.82) is 0 Å². The van der Waals surface area contributed by atoms with Crippen molar-refractivity contribution in [2.24, 2.45) is 29.6 Å².